The number of benzene rings is 2. The minimum atomic E-state index is -0.487. The van der Waals surface area contributed by atoms with Gasteiger partial charge in [0.1, 0.15) is 12.2 Å². The molecule has 0 N–H and O–H groups in total. The summed E-state index contributed by atoms with van der Waals surface area (Å²) in [5.41, 5.74) is 3.70. The molecule has 1 aliphatic rings. The predicted molar refractivity (Wildman–Crippen MR) is 117 cm³/mol. The van der Waals surface area contributed by atoms with E-state index in [4.69, 9.17) is 9.15 Å². The smallest absolute Gasteiger partial charge is 0.336 e. The first-order chi connectivity index (χ1) is 14.9. The van der Waals surface area contributed by atoms with Crippen LogP contribution >= 0.6 is 0 Å². The van der Waals surface area contributed by atoms with Gasteiger partial charge in [0.25, 0.3) is 0 Å². The SMILES string of the molecule is Cc1ccc2c(COC(=O)[C@H]3CC(=O)N(CCc4ccccc4)C3)cc(=O)oc2c1C. The third-order valence-corrected chi connectivity index (χ3v) is 5.95. The fourth-order valence-corrected chi connectivity index (χ4v) is 3.97. The number of nitrogens with zero attached hydrogens (tertiary/aromatic N) is 1. The summed E-state index contributed by atoms with van der Waals surface area (Å²) in [6, 6.07) is 15.1. The highest BCUT2D eigenvalue weighted by molar-refractivity contribution is 5.87. The Labute approximate surface area is 180 Å². The van der Waals surface area contributed by atoms with Crippen LogP contribution in [0.3, 0.4) is 0 Å². The molecule has 160 valence electrons. The molecule has 1 fully saturated rings. The van der Waals surface area contributed by atoms with Crippen LogP contribution in [-0.2, 0) is 27.4 Å². The van der Waals surface area contributed by atoms with E-state index in [2.05, 4.69) is 0 Å². The Bertz CT molecular complexity index is 1180. The van der Waals surface area contributed by atoms with E-state index in [9.17, 15) is 14.4 Å². The molecule has 0 aliphatic carbocycles. The fraction of sp³-hybridized carbons (Fsp3) is 0.320. The lowest BCUT2D eigenvalue weighted by atomic mass is 10.0. The third-order valence-electron chi connectivity index (χ3n) is 5.95. The van der Waals surface area contributed by atoms with Crippen LogP contribution in [0.4, 0.5) is 0 Å². The minimum Gasteiger partial charge on any atom is -0.461 e. The monoisotopic (exact) mass is 419 g/mol. The largest absolute Gasteiger partial charge is 0.461 e. The zero-order valence-electron chi connectivity index (χ0n) is 17.7. The van der Waals surface area contributed by atoms with E-state index < -0.39 is 17.5 Å². The van der Waals surface area contributed by atoms with E-state index in [0.29, 0.717) is 24.2 Å². The first-order valence-electron chi connectivity index (χ1n) is 10.4. The second kappa shape index (κ2) is 8.76. The normalized spacial score (nSPS) is 16.1. The second-order valence-electron chi connectivity index (χ2n) is 8.06. The van der Waals surface area contributed by atoms with Crippen LogP contribution < -0.4 is 5.63 Å². The molecule has 0 unspecified atom stereocenters. The summed E-state index contributed by atoms with van der Waals surface area (Å²) in [4.78, 5) is 38.7. The zero-order chi connectivity index (χ0) is 22.0. The lowest BCUT2D eigenvalue weighted by Crippen LogP contribution is -2.28. The molecule has 0 radical (unpaired) electrons. The van der Waals surface area contributed by atoms with E-state index >= 15 is 0 Å². The van der Waals surface area contributed by atoms with Crippen molar-refractivity contribution >= 4 is 22.8 Å². The molecule has 2 heterocycles. The Morgan fingerprint density at radius 1 is 1.13 bits per heavy atom. The number of likely N-dealkylation sites (tertiary alicyclic amines) is 1. The van der Waals surface area contributed by atoms with Crippen molar-refractivity contribution in [1.82, 2.24) is 4.90 Å². The van der Waals surface area contributed by atoms with Gasteiger partial charge in [0.2, 0.25) is 5.91 Å². The van der Waals surface area contributed by atoms with Gasteiger partial charge in [-0.05, 0) is 37.0 Å². The summed E-state index contributed by atoms with van der Waals surface area (Å²) in [6.07, 6.45) is 0.905. The van der Waals surface area contributed by atoms with Gasteiger partial charge in [0, 0.05) is 36.5 Å². The lowest BCUT2D eigenvalue weighted by Gasteiger charge is -2.16. The minimum absolute atomic E-state index is 0.0296. The van der Waals surface area contributed by atoms with Gasteiger partial charge in [-0.15, -0.1) is 0 Å². The maximum atomic E-state index is 12.6. The molecule has 0 spiro atoms. The molecular formula is C25H25NO5. The molecule has 1 saturated heterocycles. The number of hydrogen-bond donors (Lipinski definition) is 0. The molecule has 4 rings (SSSR count). The summed E-state index contributed by atoms with van der Waals surface area (Å²) in [5, 5.41) is 0.752. The van der Waals surface area contributed by atoms with Gasteiger partial charge in [0.05, 0.1) is 5.92 Å². The quantitative estimate of drug-likeness (QED) is 0.451. The maximum Gasteiger partial charge on any atom is 0.336 e. The van der Waals surface area contributed by atoms with Gasteiger partial charge in [0.15, 0.2) is 0 Å². The Balaban J connectivity index is 1.40. The zero-order valence-corrected chi connectivity index (χ0v) is 17.7. The number of aryl methyl sites for hydroxylation is 2. The average molecular weight is 419 g/mol. The Morgan fingerprint density at radius 3 is 2.68 bits per heavy atom. The molecule has 1 amide bonds. The Morgan fingerprint density at radius 2 is 1.90 bits per heavy atom. The van der Waals surface area contributed by atoms with Crippen molar-refractivity contribution in [2.75, 3.05) is 13.1 Å². The topological polar surface area (TPSA) is 76.8 Å². The van der Waals surface area contributed by atoms with Crippen molar-refractivity contribution in [3.8, 4) is 0 Å². The summed E-state index contributed by atoms with van der Waals surface area (Å²) < 4.78 is 10.9. The summed E-state index contributed by atoms with van der Waals surface area (Å²) in [7, 11) is 0. The van der Waals surface area contributed by atoms with Crippen molar-refractivity contribution in [3.63, 3.8) is 0 Å². The number of esters is 1. The van der Waals surface area contributed by atoms with Gasteiger partial charge < -0.3 is 14.1 Å². The highest BCUT2D eigenvalue weighted by atomic mass is 16.5. The van der Waals surface area contributed by atoms with Crippen LogP contribution in [0.5, 0.6) is 0 Å². The van der Waals surface area contributed by atoms with Crippen LogP contribution in [-0.4, -0.2) is 29.9 Å². The molecule has 6 heteroatoms. The van der Waals surface area contributed by atoms with E-state index in [-0.39, 0.29) is 18.9 Å². The number of rotatable bonds is 6. The molecule has 31 heavy (non-hydrogen) atoms. The van der Waals surface area contributed by atoms with Gasteiger partial charge in [-0.25, -0.2) is 4.79 Å². The molecule has 0 bridgehead atoms. The van der Waals surface area contributed by atoms with Crippen molar-refractivity contribution in [1.29, 1.82) is 0 Å². The fourth-order valence-electron chi connectivity index (χ4n) is 3.97. The molecule has 2 aromatic carbocycles. The van der Waals surface area contributed by atoms with Crippen LogP contribution in [0.1, 0.15) is 28.7 Å². The highest BCUT2D eigenvalue weighted by Crippen LogP contribution is 2.25. The van der Waals surface area contributed by atoms with Crippen molar-refractivity contribution in [2.24, 2.45) is 5.92 Å². The molecule has 6 nitrogen and oxygen atoms in total. The second-order valence-corrected chi connectivity index (χ2v) is 8.06. The molecule has 3 aromatic rings. The first kappa shape index (κ1) is 20.8. The van der Waals surface area contributed by atoms with Gasteiger partial charge >= 0.3 is 11.6 Å². The molecule has 1 atom stereocenters. The number of amides is 1. The van der Waals surface area contributed by atoms with Gasteiger partial charge in [-0.3, -0.25) is 9.59 Å². The molecule has 0 saturated carbocycles. The van der Waals surface area contributed by atoms with Crippen LogP contribution in [0, 0.1) is 19.8 Å². The van der Waals surface area contributed by atoms with Crippen LogP contribution in [0.15, 0.2) is 57.7 Å². The molecule has 1 aliphatic heterocycles. The number of carbonyl (C=O) groups excluding carboxylic acids is 2. The van der Waals surface area contributed by atoms with Crippen LogP contribution in [0.25, 0.3) is 11.0 Å². The number of carbonyl (C=O) groups is 2. The highest BCUT2D eigenvalue weighted by Gasteiger charge is 2.35. The van der Waals surface area contributed by atoms with E-state index in [0.717, 1.165) is 28.5 Å². The maximum absolute atomic E-state index is 12.6. The first-order valence-corrected chi connectivity index (χ1v) is 10.4. The van der Waals surface area contributed by atoms with Gasteiger partial charge in [-0.1, -0.05) is 42.5 Å². The number of ether oxygens (including phenoxy) is 1. The van der Waals surface area contributed by atoms with Crippen molar-refractivity contribution in [2.45, 2.75) is 33.3 Å². The lowest BCUT2D eigenvalue weighted by molar-refractivity contribution is -0.149. The summed E-state index contributed by atoms with van der Waals surface area (Å²) >= 11 is 0. The van der Waals surface area contributed by atoms with E-state index in [1.165, 1.54) is 6.07 Å². The third kappa shape index (κ3) is 4.53. The summed E-state index contributed by atoms with van der Waals surface area (Å²) in [5.74, 6) is -0.936. The Kier molecular flexibility index (Phi) is 5.89. The average Bonchev–Trinajstić information content (AvgIpc) is 3.14. The van der Waals surface area contributed by atoms with Crippen molar-refractivity contribution < 1.29 is 18.7 Å². The van der Waals surface area contributed by atoms with E-state index in [1.54, 1.807) is 4.90 Å². The standard InChI is InChI=1S/C25H25NO5/c1-16-8-9-21-20(13-23(28)31-24(21)17(16)2)15-30-25(29)19-12-22(27)26(14-19)11-10-18-6-4-3-5-7-18/h3-9,13,19H,10-12,14-15H2,1-2H3/t19-/m0/s1. The molecule has 1 aromatic heterocycles. The van der Waals surface area contributed by atoms with Gasteiger partial charge in [-0.2, -0.15) is 0 Å². The molecular weight excluding hydrogens is 394 g/mol. The predicted octanol–water partition coefficient (Wildman–Crippen LogP) is 3.54. The number of fused-ring (bicyclic) bond motifs is 1. The Hall–Kier alpha value is -3.41. The van der Waals surface area contributed by atoms with E-state index in [1.807, 2.05) is 56.3 Å². The van der Waals surface area contributed by atoms with Crippen molar-refractivity contribution in [3.05, 3.63) is 81.2 Å². The number of hydrogen-bond acceptors (Lipinski definition) is 5. The summed E-state index contributed by atoms with van der Waals surface area (Å²) in [6.45, 7) is 4.75. The van der Waals surface area contributed by atoms with Crippen LogP contribution in [0.2, 0.25) is 0 Å².